The third kappa shape index (κ3) is 7.21. The van der Waals surface area contributed by atoms with E-state index in [1.54, 1.807) is 6.20 Å². The molecule has 3 rings (SSSR count). The molecule has 1 saturated carbocycles. The van der Waals surface area contributed by atoms with E-state index in [0.29, 0.717) is 5.82 Å². The number of pyridine rings is 1. The smallest absolute Gasteiger partial charge is 0.227 e. The fraction of sp³-hybridized carbons (Fsp3) is 0.667. The molecule has 0 bridgehead atoms. The van der Waals surface area contributed by atoms with Crippen molar-refractivity contribution >= 4 is 57.6 Å². The Balaban J connectivity index is 1.77. The number of rotatable bonds is 7. The summed E-state index contributed by atoms with van der Waals surface area (Å²) >= 11 is 2.42. The highest BCUT2D eigenvalue weighted by molar-refractivity contribution is 14.1. The van der Waals surface area contributed by atoms with E-state index in [2.05, 4.69) is 61.2 Å². The molecule has 1 aromatic heterocycles. The zero-order valence-electron chi connectivity index (χ0n) is 18.8. The van der Waals surface area contributed by atoms with Gasteiger partial charge in [0, 0.05) is 31.5 Å². The maximum atomic E-state index is 13.3. The van der Waals surface area contributed by atoms with Crippen LogP contribution >= 0.6 is 22.6 Å². The van der Waals surface area contributed by atoms with E-state index in [0.717, 1.165) is 60.0 Å². The minimum atomic E-state index is 0.0848. The third-order valence-corrected chi connectivity index (χ3v) is 7.03. The molecule has 2 N–H and O–H groups in total. The van der Waals surface area contributed by atoms with Crippen molar-refractivity contribution in [2.24, 2.45) is 11.0 Å². The second-order valence-corrected chi connectivity index (χ2v) is 9.77. The Morgan fingerprint density at radius 2 is 1.84 bits per heavy atom. The van der Waals surface area contributed by atoms with Crippen LogP contribution in [0.1, 0.15) is 82.6 Å². The Morgan fingerprint density at radius 3 is 2.52 bits per heavy atom. The Morgan fingerprint density at radius 1 is 1.16 bits per heavy atom. The quantitative estimate of drug-likeness (QED) is 0.246. The van der Waals surface area contributed by atoms with Crippen LogP contribution in [-0.4, -0.2) is 34.8 Å². The number of aromatic nitrogens is 1. The normalized spacial score (nSPS) is 17.4. The summed E-state index contributed by atoms with van der Waals surface area (Å²) in [7, 11) is 2.09. The molecule has 1 amide bonds. The first kappa shape index (κ1) is 24.1. The van der Waals surface area contributed by atoms with Crippen LogP contribution in [0.25, 0.3) is 6.08 Å². The second-order valence-electron chi connectivity index (χ2n) is 8.69. The first-order valence-corrected chi connectivity index (χ1v) is 13.4. The van der Waals surface area contributed by atoms with Crippen LogP contribution in [-0.2, 0) is 4.79 Å². The van der Waals surface area contributed by atoms with Gasteiger partial charge in [-0.15, -0.1) is 5.10 Å². The van der Waals surface area contributed by atoms with Crippen molar-refractivity contribution in [3.05, 3.63) is 11.8 Å². The standard InChI is InChI=1S/C24H36IN5O/c1-30(17-11-10-15-25)22-20-14-16-27-29-23(20)26-18-21(22)28-24(31)19-12-8-6-4-2-3-5-7-9-13-19/h14,18-19H,2-13,15,17H2,1H3,(H,26,29)(H,28,31). The lowest BCUT2D eigenvalue weighted by Gasteiger charge is -2.27. The molecule has 1 fully saturated rings. The highest BCUT2D eigenvalue weighted by atomic mass is 127. The maximum Gasteiger partial charge on any atom is 0.227 e. The summed E-state index contributed by atoms with van der Waals surface area (Å²) in [5.74, 6) is 3.83. The van der Waals surface area contributed by atoms with Gasteiger partial charge in [0.05, 0.1) is 23.1 Å². The van der Waals surface area contributed by atoms with Crippen molar-refractivity contribution in [3.63, 3.8) is 0 Å². The number of hydrazone groups is 1. The van der Waals surface area contributed by atoms with Gasteiger partial charge < -0.3 is 10.2 Å². The monoisotopic (exact) mass is 537 g/mol. The van der Waals surface area contributed by atoms with E-state index < -0.39 is 0 Å². The molecule has 0 saturated heterocycles. The van der Waals surface area contributed by atoms with Crippen LogP contribution in [0, 0.1) is 5.92 Å². The Labute approximate surface area is 200 Å². The van der Waals surface area contributed by atoms with E-state index in [4.69, 9.17) is 0 Å². The average molecular weight is 537 g/mol. The lowest BCUT2D eigenvalue weighted by molar-refractivity contribution is -0.120. The molecular weight excluding hydrogens is 501 g/mol. The largest absolute Gasteiger partial charge is 0.372 e. The zero-order chi connectivity index (χ0) is 21.9. The van der Waals surface area contributed by atoms with Crippen LogP contribution in [0.5, 0.6) is 0 Å². The van der Waals surface area contributed by atoms with Crippen molar-refractivity contribution in [1.82, 2.24) is 4.98 Å². The molecule has 0 aromatic carbocycles. The van der Waals surface area contributed by atoms with Crippen LogP contribution in [0.2, 0.25) is 0 Å². The number of nitrogens with zero attached hydrogens (tertiary/aromatic N) is 3. The minimum absolute atomic E-state index is 0.0848. The van der Waals surface area contributed by atoms with Gasteiger partial charge in [-0.2, -0.15) is 0 Å². The number of nitrogens with one attached hydrogen (secondary N) is 2. The summed E-state index contributed by atoms with van der Waals surface area (Å²) in [6.07, 6.45) is 17.9. The van der Waals surface area contributed by atoms with E-state index in [1.807, 2.05) is 6.08 Å². The Kier molecular flexibility index (Phi) is 10.1. The minimum Gasteiger partial charge on any atom is -0.372 e. The number of unbranched alkanes of at least 4 members (excludes halogenated alkanes) is 1. The number of halogens is 1. The van der Waals surface area contributed by atoms with Gasteiger partial charge in [-0.25, -0.2) is 4.98 Å². The maximum absolute atomic E-state index is 13.3. The van der Waals surface area contributed by atoms with Crippen molar-refractivity contribution < 1.29 is 4.79 Å². The molecule has 1 aliphatic carbocycles. The topological polar surface area (TPSA) is 69.6 Å². The molecule has 0 spiro atoms. The number of alkyl halides is 1. The number of hydrogen-bond donors (Lipinski definition) is 2. The van der Waals surface area contributed by atoms with Crippen molar-refractivity contribution in [3.8, 4) is 0 Å². The van der Waals surface area contributed by atoms with Crippen LogP contribution < -0.4 is 15.6 Å². The Bertz CT molecular complexity index is 778. The zero-order valence-corrected chi connectivity index (χ0v) is 20.9. The summed E-state index contributed by atoms with van der Waals surface area (Å²) in [4.78, 5) is 20.0. The van der Waals surface area contributed by atoms with Gasteiger partial charge in [-0.05, 0) is 30.1 Å². The number of fused-ring (bicyclic) bond motifs is 1. The molecule has 6 nitrogen and oxygen atoms in total. The fourth-order valence-electron chi connectivity index (χ4n) is 4.47. The fourth-order valence-corrected chi connectivity index (χ4v) is 5.01. The van der Waals surface area contributed by atoms with E-state index >= 15 is 0 Å². The first-order valence-electron chi connectivity index (χ1n) is 11.9. The second kappa shape index (κ2) is 13.1. The molecule has 0 atom stereocenters. The summed E-state index contributed by atoms with van der Waals surface area (Å²) in [6, 6.07) is 0. The van der Waals surface area contributed by atoms with Crippen molar-refractivity contribution in [2.45, 2.75) is 77.0 Å². The van der Waals surface area contributed by atoms with Crippen LogP contribution in [0.15, 0.2) is 11.3 Å². The summed E-state index contributed by atoms with van der Waals surface area (Å²) in [5.41, 5.74) is 5.66. The van der Waals surface area contributed by atoms with Gasteiger partial charge in [0.25, 0.3) is 0 Å². The molecule has 31 heavy (non-hydrogen) atoms. The van der Waals surface area contributed by atoms with Crippen LogP contribution in [0.4, 0.5) is 17.2 Å². The van der Waals surface area contributed by atoms with Gasteiger partial charge in [-0.3, -0.25) is 10.2 Å². The van der Waals surface area contributed by atoms with Gasteiger partial charge in [-0.1, -0.05) is 74.0 Å². The van der Waals surface area contributed by atoms with Gasteiger partial charge >= 0.3 is 0 Å². The number of hydrogen-bond acceptors (Lipinski definition) is 5. The molecular formula is C24H36IN5O. The average Bonchev–Trinajstić information content (AvgIpc) is 2.84. The van der Waals surface area contributed by atoms with Gasteiger partial charge in [0.15, 0.2) is 5.82 Å². The molecule has 2 heterocycles. The highest BCUT2D eigenvalue weighted by Crippen LogP contribution is 2.36. The number of carbonyl (C=O) groups excluding carboxylic acids is 1. The first-order chi connectivity index (χ1) is 15.2. The third-order valence-electron chi connectivity index (χ3n) is 6.27. The molecule has 2 aliphatic rings. The van der Waals surface area contributed by atoms with Gasteiger partial charge in [0.1, 0.15) is 0 Å². The summed E-state index contributed by atoms with van der Waals surface area (Å²) < 4.78 is 1.15. The lowest BCUT2D eigenvalue weighted by atomic mass is 9.94. The molecule has 0 unspecified atom stereocenters. The van der Waals surface area contributed by atoms with Gasteiger partial charge in [0.2, 0.25) is 5.91 Å². The predicted octanol–water partition coefficient (Wildman–Crippen LogP) is 6.23. The number of anilines is 3. The van der Waals surface area contributed by atoms with E-state index in [1.165, 1.54) is 44.9 Å². The predicted molar refractivity (Wildman–Crippen MR) is 139 cm³/mol. The molecule has 1 aliphatic heterocycles. The highest BCUT2D eigenvalue weighted by Gasteiger charge is 2.23. The van der Waals surface area contributed by atoms with Crippen molar-refractivity contribution in [1.29, 1.82) is 0 Å². The molecule has 170 valence electrons. The van der Waals surface area contributed by atoms with Crippen LogP contribution in [0.3, 0.4) is 0 Å². The molecule has 0 radical (unpaired) electrons. The Hall–Kier alpha value is -1.60. The molecule has 7 heteroatoms. The van der Waals surface area contributed by atoms with E-state index in [-0.39, 0.29) is 11.8 Å². The summed E-state index contributed by atoms with van der Waals surface area (Å²) in [6.45, 7) is 0.927. The lowest BCUT2D eigenvalue weighted by Crippen LogP contribution is -2.27. The van der Waals surface area contributed by atoms with E-state index in [9.17, 15) is 4.79 Å². The molecule has 1 aromatic rings. The number of carbonyl (C=O) groups is 1. The summed E-state index contributed by atoms with van der Waals surface area (Å²) in [5, 5.41) is 7.23. The SMILES string of the molecule is CN(CCCCI)c1c(NC(=O)C2CCCCCCCCCC2)cnc2c1C=C=NN2. The number of amides is 1. The van der Waals surface area contributed by atoms with Crippen molar-refractivity contribution in [2.75, 3.05) is 33.7 Å².